The normalized spacial score (nSPS) is 11.6. The van der Waals surface area contributed by atoms with Gasteiger partial charge >= 0.3 is 0 Å². The molecule has 0 amide bonds. The minimum atomic E-state index is -2.43. The van der Waals surface area contributed by atoms with Crippen molar-refractivity contribution in [1.82, 2.24) is 14.5 Å². The summed E-state index contributed by atoms with van der Waals surface area (Å²) in [5.41, 5.74) is 2.11. The number of halogens is 3. The van der Waals surface area contributed by atoms with Gasteiger partial charge in [0.1, 0.15) is 11.3 Å². The summed E-state index contributed by atoms with van der Waals surface area (Å²) in [6.07, 6.45) is -0.362. The number of alkyl halides is 3. The first-order chi connectivity index (χ1) is 8.13. The van der Waals surface area contributed by atoms with Gasteiger partial charge in [-0.1, -0.05) is 0 Å². The molecule has 2 aromatic rings. The van der Waals surface area contributed by atoms with E-state index >= 15 is 0 Å². The molecule has 0 aromatic carbocycles. The quantitative estimate of drug-likeness (QED) is 0.791. The monoisotopic (exact) mass is 259 g/mol. The maximum absolute atomic E-state index is 12.5. The summed E-state index contributed by atoms with van der Waals surface area (Å²) in [7, 11) is 0. The molecular weight excluding hydrogens is 248 g/mol. The topological polar surface area (TPSA) is 30.7 Å². The van der Waals surface area contributed by atoms with Crippen LogP contribution in [-0.2, 0) is 13.0 Å². The summed E-state index contributed by atoms with van der Waals surface area (Å²) in [4.78, 5) is 8.46. The molecule has 92 valence electrons. The van der Waals surface area contributed by atoms with Crippen LogP contribution in [0.2, 0.25) is 0 Å². The van der Waals surface area contributed by atoms with Crippen LogP contribution >= 0.6 is 11.6 Å². The molecule has 0 unspecified atom stereocenters. The Morgan fingerprint density at radius 1 is 1.47 bits per heavy atom. The summed E-state index contributed by atoms with van der Waals surface area (Å²) in [6.45, 7) is 1.49. The Labute approximate surface area is 102 Å². The van der Waals surface area contributed by atoms with Gasteiger partial charge in [-0.05, 0) is 18.6 Å². The van der Waals surface area contributed by atoms with Gasteiger partial charge in [0.2, 0.25) is 0 Å². The van der Waals surface area contributed by atoms with Crippen LogP contribution in [0.3, 0.4) is 0 Å². The molecule has 0 saturated heterocycles. The number of fused-ring (bicyclic) bond motifs is 1. The van der Waals surface area contributed by atoms with Crippen molar-refractivity contribution in [2.24, 2.45) is 0 Å². The first kappa shape index (κ1) is 12.2. The molecule has 2 heterocycles. The van der Waals surface area contributed by atoms with Crippen molar-refractivity contribution in [2.75, 3.05) is 5.88 Å². The Morgan fingerprint density at radius 2 is 2.24 bits per heavy atom. The zero-order valence-electron chi connectivity index (χ0n) is 9.33. The molecule has 2 aromatic heterocycles. The van der Waals surface area contributed by atoms with E-state index in [1.54, 1.807) is 6.20 Å². The van der Waals surface area contributed by atoms with E-state index in [2.05, 4.69) is 9.97 Å². The second kappa shape index (κ2) is 4.96. The fraction of sp³-hybridized carbons (Fsp3) is 0.455. The maximum Gasteiger partial charge on any atom is 0.256 e. The lowest BCUT2D eigenvalue weighted by molar-refractivity contribution is 0.126. The third-order valence-corrected chi connectivity index (χ3v) is 2.74. The van der Waals surface area contributed by atoms with E-state index in [9.17, 15) is 8.78 Å². The van der Waals surface area contributed by atoms with Crippen LogP contribution in [0.25, 0.3) is 11.2 Å². The third-order valence-electron chi connectivity index (χ3n) is 2.55. The highest BCUT2D eigenvalue weighted by Gasteiger charge is 2.16. The molecular formula is C11H12ClF2N3. The van der Waals surface area contributed by atoms with E-state index in [-0.39, 0.29) is 6.54 Å². The summed E-state index contributed by atoms with van der Waals surface area (Å²) in [5.74, 6) is 0.920. The Bertz CT molecular complexity index is 525. The number of rotatable bonds is 4. The fourth-order valence-corrected chi connectivity index (χ4v) is 1.96. The maximum atomic E-state index is 12.5. The molecule has 0 spiro atoms. The van der Waals surface area contributed by atoms with Crippen molar-refractivity contribution < 1.29 is 8.78 Å². The number of hydrogen-bond acceptors (Lipinski definition) is 2. The van der Waals surface area contributed by atoms with Crippen molar-refractivity contribution in [2.45, 2.75) is 26.3 Å². The third kappa shape index (κ3) is 2.39. The molecule has 0 aliphatic carbocycles. The van der Waals surface area contributed by atoms with Crippen molar-refractivity contribution in [1.29, 1.82) is 0 Å². The van der Waals surface area contributed by atoms with Gasteiger partial charge in [0, 0.05) is 18.5 Å². The van der Waals surface area contributed by atoms with Crippen LogP contribution in [-0.4, -0.2) is 26.8 Å². The van der Waals surface area contributed by atoms with E-state index in [1.807, 2.05) is 13.0 Å². The highest BCUT2D eigenvalue weighted by molar-refractivity contribution is 6.17. The number of pyridine rings is 1. The lowest BCUT2D eigenvalue weighted by Crippen LogP contribution is -2.11. The Balaban J connectivity index is 2.58. The van der Waals surface area contributed by atoms with Crippen molar-refractivity contribution >= 4 is 22.8 Å². The van der Waals surface area contributed by atoms with Crippen LogP contribution in [0.1, 0.15) is 11.4 Å². The largest absolute Gasteiger partial charge is 0.307 e. The highest BCUT2D eigenvalue weighted by Crippen LogP contribution is 2.19. The van der Waals surface area contributed by atoms with Gasteiger partial charge in [0.15, 0.2) is 5.65 Å². The second-order valence-corrected chi connectivity index (χ2v) is 4.15. The van der Waals surface area contributed by atoms with Gasteiger partial charge in [-0.2, -0.15) is 0 Å². The highest BCUT2D eigenvalue weighted by atomic mass is 35.5. The van der Waals surface area contributed by atoms with E-state index in [0.717, 1.165) is 5.56 Å². The summed E-state index contributed by atoms with van der Waals surface area (Å²) >= 11 is 5.65. The smallest absolute Gasteiger partial charge is 0.256 e. The summed E-state index contributed by atoms with van der Waals surface area (Å²) in [5, 5.41) is 0. The molecule has 2 rings (SSSR count). The minimum Gasteiger partial charge on any atom is -0.307 e. The molecule has 0 saturated carbocycles. The first-order valence-corrected chi connectivity index (χ1v) is 5.81. The van der Waals surface area contributed by atoms with Gasteiger partial charge in [-0.25, -0.2) is 18.7 Å². The number of nitrogens with zero attached hydrogens (tertiary/aromatic N) is 3. The van der Waals surface area contributed by atoms with Gasteiger partial charge in [-0.3, -0.25) is 0 Å². The van der Waals surface area contributed by atoms with Gasteiger partial charge in [0.25, 0.3) is 6.43 Å². The zero-order valence-corrected chi connectivity index (χ0v) is 10.1. The van der Waals surface area contributed by atoms with E-state index in [4.69, 9.17) is 11.6 Å². The molecule has 0 fully saturated rings. The van der Waals surface area contributed by atoms with Gasteiger partial charge < -0.3 is 4.57 Å². The predicted octanol–water partition coefficient (Wildman–Crippen LogP) is 2.79. The molecule has 0 radical (unpaired) electrons. The molecule has 0 aliphatic rings. The van der Waals surface area contributed by atoms with Crippen LogP contribution in [0, 0.1) is 6.92 Å². The first-order valence-electron chi connectivity index (χ1n) is 5.28. The minimum absolute atomic E-state index is 0.353. The van der Waals surface area contributed by atoms with Crippen LogP contribution in [0.5, 0.6) is 0 Å². The second-order valence-electron chi connectivity index (χ2n) is 3.77. The van der Waals surface area contributed by atoms with Gasteiger partial charge in [0.05, 0.1) is 6.54 Å². The molecule has 3 nitrogen and oxygen atoms in total. The number of hydrogen-bond donors (Lipinski definition) is 0. The Morgan fingerprint density at radius 3 is 2.88 bits per heavy atom. The van der Waals surface area contributed by atoms with E-state index in [0.29, 0.717) is 29.3 Å². The van der Waals surface area contributed by atoms with Gasteiger partial charge in [-0.15, -0.1) is 11.6 Å². The molecule has 6 heteroatoms. The lowest BCUT2D eigenvalue weighted by Gasteiger charge is -2.06. The molecule has 0 N–H and O–H groups in total. The van der Waals surface area contributed by atoms with Crippen LogP contribution < -0.4 is 0 Å². The number of imidazole rings is 1. The number of aromatic nitrogens is 3. The molecule has 17 heavy (non-hydrogen) atoms. The fourth-order valence-electron chi connectivity index (χ4n) is 1.79. The van der Waals surface area contributed by atoms with Crippen molar-refractivity contribution in [3.8, 4) is 0 Å². The average Bonchev–Trinajstić information content (AvgIpc) is 2.59. The van der Waals surface area contributed by atoms with Crippen molar-refractivity contribution in [3.05, 3.63) is 23.7 Å². The van der Waals surface area contributed by atoms with E-state index in [1.165, 1.54) is 4.57 Å². The van der Waals surface area contributed by atoms with Crippen molar-refractivity contribution in [3.63, 3.8) is 0 Å². The SMILES string of the molecule is Cc1ccnc2c1nc(CCCl)n2CC(F)F. The predicted molar refractivity (Wildman–Crippen MR) is 62.7 cm³/mol. The average molecular weight is 260 g/mol. The van der Waals surface area contributed by atoms with E-state index < -0.39 is 6.43 Å². The molecule has 0 aliphatic heterocycles. The standard InChI is InChI=1S/C11H12ClF2N3/c1-7-3-5-15-11-10(7)16-9(2-4-12)17(11)6-8(13)14/h3,5,8H,2,4,6H2,1H3. The summed E-state index contributed by atoms with van der Waals surface area (Å²) < 4.78 is 26.5. The number of aryl methyl sites for hydroxylation is 2. The molecule has 0 bridgehead atoms. The lowest BCUT2D eigenvalue weighted by atomic mass is 10.3. The van der Waals surface area contributed by atoms with Crippen LogP contribution in [0.4, 0.5) is 8.78 Å². The Kier molecular flexibility index (Phi) is 3.57. The molecule has 0 atom stereocenters. The Hall–Kier alpha value is -1.23. The zero-order chi connectivity index (χ0) is 12.4. The van der Waals surface area contributed by atoms with Crippen LogP contribution in [0.15, 0.2) is 12.3 Å². The summed E-state index contributed by atoms with van der Waals surface area (Å²) in [6, 6.07) is 1.81.